The number of hydrogen-bond donors (Lipinski definition) is 1. The lowest BCUT2D eigenvalue weighted by molar-refractivity contribution is 0.0919. The SMILES string of the molecule is CC(C)(C)NC(=O)c1ncc(-c2ccccc2)s1. The smallest absolute Gasteiger partial charge is 0.280 e. The number of rotatable bonds is 2. The number of nitrogens with one attached hydrogen (secondary N) is 1. The van der Waals surface area contributed by atoms with Crippen molar-refractivity contribution in [1.29, 1.82) is 0 Å². The molecule has 4 heteroatoms. The molecule has 18 heavy (non-hydrogen) atoms. The number of thiazole rings is 1. The van der Waals surface area contributed by atoms with E-state index in [9.17, 15) is 4.79 Å². The van der Waals surface area contributed by atoms with Crippen molar-refractivity contribution in [3.8, 4) is 10.4 Å². The van der Waals surface area contributed by atoms with E-state index in [1.807, 2.05) is 51.1 Å². The summed E-state index contributed by atoms with van der Waals surface area (Å²) < 4.78 is 0. The Kier molecular flexibility index (Phi) is 3.48. The molecule has 0 atom stereocenters. The molecule has 0 bridgehead atoms. The normalized spacial score (nSPS) is 11.3. The Hall–Kier alpha value is -1.68. The summed E-state index contributed by atoms with van der Waals surface area (Å²) in [4.78, 5) is 17.1. The van der Waals surface area contributed by atoms with Crippen molar-refractivity contribution in [3.05, 3.63) is 41.5 Å². The maximum atomic E-state index is 11.9. The van der Waals surface area contributed by atoms with Crippen molar-refractivity contribution in [2.24, 2.45) is 0 Å². The zero-order valence-corrected chi connectivity index (χ0v) is 11.5. The van der Waals surface area contributed by atoms with E-state index in [1.54, 1.807) is 6.20 Å². The van der Waals surface area contributed by atoms with E-state index in [1.165, 1.54) is 11.3 Å². The lowest BCUT2D eigenvalue weighted by Crippen LogP contribution is -2.40. The highest BCUT2D eigenvalue weighted by atomic mass is 32.1. The van der Waals surface area contributed by atoms with Crippen LogP contribution in [0, 0.1) is 0 Å². The Balaban J connectivity index is 2.19. The Morgan fingerprint density at radius 3 is 2.50 bits per heavy atom. The molecular formula is C14H16N2OS. The van der Waals surface area contributed by atoms with Crippen LogP contribution in [0.1, 0.15) is 30.6 Å². The molecule has 1 heterocycles. The molecular weight excluding hydrogens is 244 g/mol. The predicted octanol–water partition coefficient (Wildman–Crippen LogP) is 3.34. The van der Waals surface area contributed by atoms with Gasteiger partial charge in [-0.2, -0.15) is 0 Å². The van der Waals surface area contributed by atoms with Crippen LogP contribution in [-0.4, -0.2) is 16.4 Å². The average Bonchev–Trinajstić information content (AvgIpc) is 2.77. The van der Waals surface area contributed by atoms with E-state index < -0.39 is 0 Å². The summed E-state index contributed by atoms with van der Waals surface area (Å²) in [6.45, 7) is 5.86. The third-order valence-corrected chi connectivity index (χ3v) is 3.29. The fourth-order valence-corrected chi connectivity index (χ4v) is 2.33. The monoisotopic (exact) mass is 260 g/mol. The van der Waals surface area contributed by atoms with Gasteiger partial charge < -0.3 is 5.32 Å². The van der Waals surface area contributed by atoms with Gasteiger partial charge >= 0.3 is 0 Å². The second kappa shape index (κ2) is 4.90. The minimum Gasteiger partial charge on any atom is -0.345 e. The molecule has 3 nitrogen and oxygen atoms in total. The summed E-state index contributed by atoms with van der Waals surface area (Å²) in [5.74, 6) is -0.116. The van der Waals surface area contributed by atoms with Gasteiger partial charge in [0.1, 0.15) is 0 Å². The first-order chi connectivity index (χ1) is 8.46. The van der Waals surface area contributed by atoms with Gasteiger partial charge in [-0.15, -0.1) is 11.3 Å². The molecule has 1 aromatic carbocycles. The standard InChI is InChI=1S/C14H16N2OS/c1-14(2,3)16-12(17)13-15-9-11(18-13)10-7-5-4-6-8-10/h4-9H,1-3H3,(H,16,17). The summed E-state index contributed by atoms with van der Waals surface area (Å²) in [6, 6.07) is 9.95. The molecule has 0 saturated carbocycles. The molecule has 0 aliphatic rings. The molecule has 1 amide bonds. The average molecular weight is 260 g/mol. The lowest BCUT2D eigenvalue weighted by Gasteiger charge is -2.19. The molecule has 0 aliphatic heterocycles. The minimum atomic E-state index is -0.240. The van der Waals surface area contributed by atoms with Crippen LogP contribution < -0.4 is 5.32 Å². The highest BCUT2D eigenvalue weighted by molar-refractivity contribution is 7.16. The zero-order valence-electron chi connectivity index (χ0n) is 10.7. The highest BCUT2D eigenvalue weighted by Gasteiger charge is 2.18. The third-order valence-electron chi connectivity index (χ3n) is 2.25. The van der Waals surface area contributed by atoms with Gasteiger partial charge in [0.05, 0.1) is 4.88 Å². The molecule has 2 rings (SSSR count). The number of amides is 1. The highest BCUT2D eigenvalue weighted by Crippen LogP contribution is 2.25. The molecule has 0 aliphatic carbocycles. The summed E-state index contributed by atoms with van der Waals surface area (Å²) in [7, 11) is 0. The van der Waals surface area contributed by atoms with Crippen LogP contribution in [0.2, 0.25) is 0 Å². The third kappa shape index (κ3) is 3.17. The van der Waals surface area contributed by atoms with Crippen LogP contribution in [-0.2, 0) is 0 Å². The van der Waals surface area contributed by atoms with Gasteiger partial charge in [0.15, 0.2) is 5.01 Å². The minimum absolute atomic E-state index is 0.116. The maximum Gasteiger partial charge on any atom is 0.280 e. The van der Waals surface area contributed by atoms with Crippen molar-refractivity contribution >= 4 is 17.2 Å². The van der Waals surface area contributed by atoms with Gasteiger partial charge in [-0.1, -0.05) is 30.3 Å². The van der Waals surface area contributed by atoms with Crippen molar-refractivity contribution in [2.45, 2.75) is 26.3 Å². The molecule has 0 spiro atoms. The van der Waals surface area contributed by atoms with E-state index in [2.05, 4.69) is 10.3 Å². The van der Waals surface area contributed by atoms with Crippen molar-refractivity contribution in [3.63, 3.8) is 0 Å². The van der Waals surface area contributed by atoms with Gasteiger partial charge in [0, 0.05) is 11.7 Å². The molecule has 2 aromatic rings. The number of carbonyl (C=O) groups excluding carboxylic acids is 1. The predicted molar refractivity (Wildman–Crippen MR) is 74.8 cm³/mol. The van der Waals surface area contributed by atoms with Crippen LogP contribution >= 0.6 is 11.3 Å². The number of carbonyl (C=O) groups is 1. The van der Waals surface area contributed by atoms with E-state index in [4.69, 9.17) is 0 Å². The topological polar surface area (TPSA) is 42.0 Å². The number of hydrogen-bond acceptors (Lipinski definition) is 3. The second-order valence-corrected chi connectivity index (χ2v) is 6.13. The Morgan fingerprint density at radius 2 is 1.89 bits per heavy atom. The van der Waals surface area contributed by atoms with Crippen LogP contribution in [0.3, 0.4) is 0 Å². The van der Waals surface area contributed by atoms with Crippen LogP contribution in [0.4, 0.5) is 0 Å². The van der Waals surface area contributed by atoms with Crippen molar-refractivity contribution in [1.82, 2.24) is 10.3 Å². The molecule has 0 fully saturated rings. The summed E-state index contributed by atoms with van der Waals surface area (Å²) in [6.07, 6.45) is 1.75. The Labute approximate surface area is 111 Å². The first-order valence-corrected chi connectivity index (χ1v) is 6.61. The summed E-state index contributed by atoms with van der Waals surface area (Å²) in [5, 5.41) is 3.41. The fraction of sp³-hybridized carbons (Fsp3) is 0.286. The largest absolute Gasteiger partial charge is 0.345 e. The molecule has 0 unspecified atom stereocenters. The van der Waals surface area contributed by atoms with Crippen molar-refractivity contribution in [2.75, 3.05) is 0 Å². The van der Waals surface area contributed by atoms with Gasteiger partial charge in [0.25, 0.3) is 5.91 Å². The second-order valence-electron chi connectivity index (χ2n) is 5.10. The Morgan fingerprint density at radius 1 is 1.22 bits per heavy atom. The van der Waals surface area contributed by atoms with Crippen molar-refractivity contribution < 1.29 is 4.79 Å². The van der Waals surface area contributed by atoms with Crippen LogP contribution in [0.5, 0.6) is 0 Å². The van der Waals surface area contributed by atoms with Crippen LogP contribution in [0.25, 0.3) is 10.4 Å². The zero-order chi connectivity index (χ0) is 13.2. The molecule has 1 N–H and O–H groups in total. The quantitative estimate of drug-likeness (QED) is 0.899. The lowest BCUT2D eigenvalue weighted by atomic mass is 10.1. The molecule has 1 aromatic heterocycles. The molecule has 94 valence electrons. The maximum absolute atomic E-state index is 11.9. The first-order valence-electron chi connectivity index (χ1n) is 5.79. The fourth-order valence-electron chi connectivity index (χ4n) is 1.51. The van der Waals surface area contributed by atoms with E-state index in [0.717, 1.165) is 10.4 Å². The van der Waals surface area contributed by atoms with Gasteiger partial charge in [-0.25, -0.2) is 4.98 Å². The van der Waals surface area contributed by atoms with E-state index in [-0.39, 0.29) is 11.4 Å². The van der Waals surface area contributed by atoms with Gasteiger partial charge in [-0.3, -0.25) is 4.79 Å². The van der Waals surface area contributed by atoms with Crippen LogP contribution in [0.15, 0.2) is 36.5 Å². The number of benzene rings is 1. The summed E-state index contributed by atoms with van der Waals surface area (Å²) >= 11 is 1.41. The Bertz CT molecular complexity index is 540. The van der Waals surface area contributed by atoms with E-state index in [0.29, 0.717) is 5.01 Å². The molecule has 0 saturated heterocycles. The molecule has 0 radical (unpaired) electrons. The number of nitrogens with zero attached hydrogens (tertiary/aromatic N) is 1. The first kappa shape index (κ1) is 12.8. The number of aromatic nitrogens is 1. The van der Waals surface area contributed by atoms with Gasteiger partial charge in [0.2, 0.25) is 0 Å². The summed E-state index contributed by atoms with van der Waals surface area (Å²) in [5.41, 5.74) is 0.847. The van der Waals surface area contributed by atoms with Gasteiger partial charge in [-0.05, 0) is 26.3 Å². The van der Waals surface area contributed by atoms with E-state index >= 15 is 0 Å².